The Labute approximate surface area is 125 Å². The first kappa shape index (κ1) is 16.8. The summed E-state index contributed by atoms with van der Waals surface area (Å²) in [5.41, 5.74) is 6.50. The number of amides is 1. The van der Waals surface area contributed by atoms with Crippen molar-refractivity contribution in [1.29, 1.82) is 0 Å². The molecule has 0 aliphatic heterocycles. The Bertz CT molecular complexity index is 461. The second-order valence-corrected chi connectivity index (χ2v) is 5.80. The van der Waals surface area contributed by atoms with Crippen LogP contribution in [0.15, 0.2) is 18.2 Å². The zero-order chi connectivity index (χ0) is 15.3. The Hall–Kier alpha value is -1.26. The highest BCUT2D eigenvalue weighted by Gasteiger charge is 2.21. The number of carbonyl (C=O) groups is 1. The van der Waals surface area contributed by atoms with Crippen LogP contribution >= 0.6 is 11.6 Å². The predicted octanol–water partition coefficient (Wildman–Crippen LogP) is 2.90. The van der Waals surface area contributed by atoms with Crippen LogP contribution in [0.2, 0.25) is 5.02 Å². The van der Waals surface area contributed by atoms with Crippen LogP contribution in [0, 0.1) is 5.92 Å². The van der Waals surface area contributed by atoms with E-state index in [1.165, 1.54) is 0 Å². The Balaban J connectivity index is 3.09. The SMILES string of the molecule is COc1ccc(Cl)cc1C(CC(C)C)NC(=O)[C@H](C)N. The first-order valence-electron chi connectivity index (χ1n) is 6.74. The summed E-state index contributed by atoms with van der Waals surface area (Å²) in [5.74, 6) is 0.944. The molecule has 0 radical (unpaired) electrons. The van der Waals surface area contributed by atoms with Gasteiger partial charge in [0.2, 0.25) is 5.91 Å². The van der Waals surface area contributed by atoms with Crippen LogP contribution in [-0.2, 0) is 4.79 Å². The molecule has 0 heterocycles. The van der Waals surface area contributed by atoms with Gasteiger partial charge in [-0.15, -0.1) is 0 Å². The minimum absolute atomic E-state index is 0.165. The molecular weight excluding hydrogens is 276 g/mol. The van der Waals surface area contributed by atoms with Gasteiger partial charge in [-0.1, -0.05) is 25.4 Å². The maximum atomic E-state index is 11.9. The number of halogens is 1. The van der Waals surface area contributed by atoms with Gasteiger partial charge in [-0.25, -0.2) is 0 Å². The normalized spacial score (nSPS) is 13.9. The smallest absolute Gasteiger partial charge is 0.237 e. The van der Waals surface area contributed by atoms with Crippen molar-refractivity contribution in [3.8, 4) is 5.75 Å². The van der Waals surface area contributed by atoms with E-state index >= 15 is 0 Å². The molecule has 0 bridgehead atoms. The van der Waals surface area contributed by atoms with Gasteiger partial charge >= 0.3 is 0 Å². The van der Waals surface area contributed by atoms with E-state index in [4.69, 9.17) is 22.1 Å². The van der Waals surface area contributed by atoms with Gasteiger partial charge in [-0.3, -0.25) is 4.79 Å². The Morgan fingerprint density at radius 3 is 2.55 bits per heavy atom. The number of hydrogen-bond donors (Lipinski definition) is 2. The molecule has 1 rings (SSSR count). The number of nitrogens with one attached hydrogen (secondary N) is 1. The average Bonchev–Trinajstić information content (AvgIpc) is 2.37. The molecule has 0 saturated carbocycles. The number of carbonyl (C=O) groups excluding carboxylic acids is 1. The van der Waals surface area contributed by atoms with Crippen molar-refractivity contribution in [2.24, 2.45) is 11.7 Å². The first-order chi connectivity index (χ1) is 9.35. The minimum Gasteiger partial charge on any atom is -0.496 e. The van der Waals surface area contributed by atoms with E-state index in [2.05, 4.69) is 19.2 Å². The molecule has 0 aromatic heterocycles. The third-order valence-corrected chi connectivity index (χ3v) is 3.24. The topological polar surface area (TPSA) is 64.3 Å². The minimum atomic E-state index is -0.546. The third kappa shape index (κ3) is 4.69. The first-order valence-corrected chi connectivity index (χ1v) is 7.12. The zero-order valence-corrected chi connectivity index (χ0v) is 13.2. The molecular formula is C15H23ClN2O2. The maximum Gasteiger partial charge on any atom is 0.237 e. The summed E-state index contributed by atoms with van der Waals surface area (Å²) in [7, 11) is 1.60. The van der Waals surface area contributed by atoms with Crippen molar-refractivity contribution in [3.05, 3.63) is 28.8 Å². The number of methoxy groups -OCH3 is 1. The lowest BCUT2D eigenvalue weighted by atomic mass is 9.96. The van der Waals surface area contributed by atoms with E-state index in [0.29, 0.717) is 16.7 Å². The average molecular weight is 299 g/mol. The quantitative estimate of drug-likeness (QED) is 0.849. The predicted molar refractivity (Wildman–Crippen MR) is 82.0 cm³/mol. The standard InChI is InChI=1S/C15H23ClN2O2/c1-9(2)7-13(18-15(19)10(3)17)12-8-11(16)5-6-14(12)20-4/h5-6,8-10,13H,7,17H2,1-4H3,(H,18,19)/t10-,13?/m0/s1. The maximum absolute atomic E-state index is 11.9. The summed E-state index contributed by atoms with van der Waals surface area (Å²) in [6.45, 7) is 5.86. The van der Waals surface area contributed by atoms with Crippen LogP contribution < -0.4 is 15.8 Å². The summed E-state index contributed by atoms with van der Waals surface area (Å²) >= 11 is 6.06. The number of ether oxygens (including phenoxy) is 1. The molecule has 0 fully saturated rings. The van der Waals surface area contributed by atoms with Crippen LogP contribution in [0.4, 0.5) is 0 Å². The lowest BCUT2D eigenvalue weighted by Crippen LogP contribution is -2.40. The van der Waals surface area contributed by atoms with Crippen molar-refractivity contribution in [2.45, 2.75) is 39.3 Å². The van der Waals surface area contributed by atoms with Gasteiger partial charge in [0.25, 0.3) is 0 Å². The molecule has 5 heteroatoms. The highest BCUT2D eigenvalue weighted by molar-refractivity contribution is 6.30. The molecule has 112 valence electrons. The van der Waals surface area contributed by atoms with E-state index < -0.39 is 6.04 Å². The molecule has 4 nitrogen and oxygen atoms in total. The van der Waals surface area contributed by atoms with Crippen LogP contribution in [0.3, 0.4) is 0 Å². The van der Waals surface area contributed by atoms with Gasteiger partial charge in [-0.2, -0.15) is 0 Å². The highest BCUT2D eigenvalue weighted by atomic mass is 35.5. The second kappa shape index (κ2) is 7.50. The number of hydrogen-bond acceptors (Lipinski definition) is 3. The number of benzene rings is 1. The molecule has 0 spiro atoms. The van der Waals surface area contributed by atoms with Crippen molar-refractivity contribution < 1.29 is 9.53 Å². The lowest BCUT2D eigenvalue weighted by molar-refractivity contribution is -0.122. The number of nitrogens with two attached hydrogens (primary N) is 1. The van der Waals surface area contributed by atoms with E-state index in [0.717, 1.165) is 12.0 Å². The number of rotatable bonds is 6. The summed E-state index contributed by atoms with van der Waals surface area (Å²) in [6.07, 6.45) is 0.787. The van der Waals surface area contributed by atoms with Crippen molar-refractivity contribution in [2.75, 3.05) is 7.11 Å². The zero-order valence-electron chi connectivity index (χ0n) is 12.4. The Morgan fingerprint density at radius 2 is 2.05 bits per heavy atom. The molecule has 2 atom stereocenters. The van der Waals surface area contributed by atoms with Crippen molar-refractivity contribution >= 4 is 17.5 Å². The molecule has 0 aliphatic rings. The summed E-state index contributed by atoms with van der Waals surface area (Å²) < 4.78 is 5.36. The van der Waals surface area contributed by atoms with Gasteiger partial charge in [0.1, 0.15) is 5.75 Å². The molecule has 1 amide bonds. The molecule has 20 heavy (non-hydrogen) atoms. The van der Waals surface area contributed by atoms with Gasteiger partial charge in [0.15, 0.2) is 0 Å². The highest BCUT2D eigenvalue weighted by Crippen LogP contribution is 2.31. The fourth-order valence-electron chi connectivity index (χ4n) is 2.02. The van der Waals surface area contributed by atoms with Crippen LogP contribution in [0.25, 0.3) is 0 Å². The van der Waals surface area contributed by atoms with Crippen LogP contribution in [0.1, 0.15) is 38.8 Å². The molecule has 1 aromatic carbocycles. The third-order valence-electron chi connectivity index (χ3n) is 3.00. The Morgan fingerprint density at radius 1 is 1.40 bits per heavy atom. The molecule has 0 aliphatic carbocycles. The van der Waals surface area contributed by atoms with Crippen molar-refractivity contribution in [1.82, 2.24) is 5.32 Å². The van der Waals surface area contributed by atoms with Gasteiger partial charge in [-0.05, 0) is 37.5 Å². The second-order valence-electron chi connectivity index (χ2n) is 5.37. The molecule has 3 N–H and O–H groups in total. The van der Waals surface area contributed by atoms with Crippen LogP contribution in [-0.4, -0.2) is 19.1 Å². The Kier molecular flexibility index (Phi) is 6.30. The van der Waals surface area contributed by atoms with E-state index in [-0.39, 0.29) is 11.9 Å². The van der Waals surface area contributed by atoms with E-state index in [1.54, 1.807) is 20.1 Å². The molecule has 1 aromatic rings. The van der Waals surface area contributed by atoms with Gasteiger partial charge < -0.3 is 15.8 Å². The monoisotopic (exact) mass is 298 g/mol. The van der Waals surface area contributed by atoms with E-state index in [9.17, 15) is 4.79 Å². The summed E-state index contributed by atoms with van der Waals surface area (Å²) in [6, 6.07) is 4.69. The fraction of sp³-hybridized carbons (Fsp3) is 0.533. The largest absolute Gasteiger partial charge is 0.496 e. The van der Waals surface area contributed by atoms with Gasteiger partial charge in [0.05, 0.1) is 19.2 Å². The van der Waals surface area contributed by atoms with Crippen molar-refractivity contribution in [3.63, 3.8) is 0 Å². The van der Waals surface area contributed by atoms with E-state index in [1.807, 2.05) is 12.1 Å². The lowest BCUT2D eigenvalue weighted by Gasteiger charge is -2.24. The van der Waals surface area contributed by atoms with Crippen LogP contribution in [0.5, 0.6) is 5.75 Å². The van der Waals surface area contributed by atoms with Gasteiger partial charge in [0, 0.05) is 10.6 Å². The summed E-state index contributed by atoms with van der Waals surface area (Å²) in [5, 5.41) is 3.58. The summed E-state index contributed by atoms with van der Waals surface area (Å²) in [4.78, 5) is 11.9. The molecule has 1 unspecified atom stereocenters. The fourth-order valence-corrected chi connectivity index (χ4v) is 2.20. The molecule has 0 saturated heterocycles.